The van der Waals surface area contributed by atoms with Crippen LogP contribution in [0.4, 0.5) is 5.69 Å². The van der Waals surface area contributed by atoms with Crippen molar-refractivity contribution >= 4 is 17.3 Å². The van der Waals surface area contributed by atoms with Crippen LogP contribution in [0, 0.1) is 0 Å². The maximum absolute atomic E-state index is 8.98. The molecule has 0 aromatic heterocycles. The van der Waals surface area contributed by atoms with E-state index in [1.807, 2.05) is 25.1 Å². The fourth-order valence-electron chi connectivity index (χ4n) is 1.84. The molecule has 1 aromatic carbocycles. The minimum atomic E-state index is 0.101. The van der Waals surface area contributed by atoms with Gasteiger partial charge in [-0.3, -0.25) is 0 Å². The molecular formula is C11H14ClNO2. The van der Waals surface area contributed by atoms with Crippen molar-refractivity contribution in [1.82, 2.24) is 0 Å². The van der Waals surface area contributed by atoms with Crippen molar-refractivity contribution in [3.63, 3.8) is 0 Å². The van der Waals surface area contributed by atoms with Crippen LogP contribution in [0.25, 0.3) is 0 Å². The second kappa shape index (κ2) is 4.29. The van der Waals surface area contributed by atoms with Crippen LogP contribution in [0.15, 0.2) is 18.2 Å². The summed E-state index contributed by atoms with van der Waals surface area (Å²) in [4.78, 5) is 2.09. The summed E-state index contributed by atoms with van der Waals surface area (Å²) in [5.41, 5.74) is 0.967. The topological polar surface area (TPSA) is 32.7 Å². The van der Waals surface area contributed by atoms with Crippen LogP contribution < -0.4 is 9.64 Å². The highest BCUT2D eigenvalue weighted by Crippen LogP contribution is 2.38. The Balaban J connectivity index is 2.37. The molecule has 1 N–H and O–H groups in total. The van der Waals surface area contributed by atoms with Crippen molar-refractivity contribution in [3.05, 3.63) is 23.2 Å². The van der Waals surface area contributed by atoms with Crippen molar-refractivity contribution < 1.29 is 9.84 Å². The second-order valence-corrected chi connectivity index (χ2v) is 4.09. The second-order valence-electron chi connectivity index (χ2n) is 3.69. The maximum Gasteiger partial charge on any atom is 0.161 e. The average molecular weight is 228 g/mol. The highest BCUT2D eigenvalue weighted by atomic mass is 35.5. The van der Waals surface area contributed by atoms with E-state index in [-0.39, 0.29) is 12.7 Å². The van der Waals surface area contributed by atoms with Gasteiger partial charge < -0.3 is 14.7 Å². The van der Waals surface area contributed by atoms with Crippen molar-refractivity contribution in [2.45, 2.75) is 13.0 Å². The van der Waals surface area contributed by atoms with E-state index in [1.165, 1.54) is 0 Å². The first-order valence-electron chi connectivity index (χ1n) is 5.03. The Morgan fingerprint density at radius 1 is 1.60 bits per heavy atom. The molecule has 3 nitrogen and oxygen atoms in total. The standard InChI is InChI=1S/C11H14ClNO2/c1-8-7-13(5-6-14)10-4-2-3-9(12)11(10)15-8/h2-4,8,14H,5-7H2,1H3/t8-/m0/s1. The van der Waals surface area contributed by atoms with Gasteiger partial charge in [0.2, 0.25) is 0 Å². The molecule has 0 radical (unpaired) electrons. The summed E-state index contributed by atoms with van der Waals surface area (Å²) in [7, 11) is 0. The number of fused-ring (bicyclic) bond motifs is 1. The summed E-state index contributed by atoms with van der Waals surface area (Å²) >= 11 is 6.06. The van der Waals surface area contributed by atoms with E-state index < -0.39 is 0 Å². The quantitative estimate of drug-likeness (QED) is 0.838. The van der Waals surface area contributed by atoms with Gasteiger partial charge in [-0.05, 0) is 19.1 Å². The van der Waals surface area contributed by atoms with Crippen LogP contribution in [0.2, 0.25) is 5.02 Å². The molecule has 1 aromatic rings. The van der Waals surface area contributed by atoms with Crippen LogP contribution in [-0.2, 0) is 0 Å². The number of nitrogens with zero attached hydrogens (tertiary/aromatic N) is 1. The maximum atomic E-state index is 8.98. The third-order valence-corrected chi connectivity index (χ3v) is 2.75. The molecule has 1 atom stereocenters. The lowest BCUT2D eigenvalue weighted by atomic mass is 10.2. The number of β-amino-alcohol motifs (C(OH)–C–C–N with tert-alkyl or cyclic N) is 1. The zero-order valence-electron chi connectivity index (χ0n) is 8.61. The van der Waals surface area contributed by atoms with E-state index in [4.69, 9.17) is 21.4 Å². The van der Waals surface area contributed by atoms with Gasteiger partial charge in [0.25, 0.3) is 0 Å². The molecule has 0 aliphatic carbocycles. The lowest BCUT2D eigenvalue weighted by Gasteiger charge is -2.34. The zero-order valence-corrected chi connectivity index (χ0v) is 9.37. The fourth-order valence-corrected chi connectivity index (χ4v) is 2.06. The van der Waals surface area contributed by atoms with E-state index in [2.05, 4.69) is 4.90 Å². The van der Waals surface area contributed by atoms with Gasteiger partial charge in [-0.25, -0.2) is 0 Å². The molecule has 1 aliphatic heterocycles. The number of benzene rings is 1. The summed E-state index contributed by atoms with van der Waals surface area (Å²) in [6, 6.07) is 5.67. The number of hydrogen-bond acceptors (Lipinski definition) is 3. The van der Waals surface area contributed by atoms with Crippen molar-refractivity contribution in [2.75, 3.05) is 24.6 Å². The summed E-state index contributed by atoms with van der Waals surface area (Å²) in [6.45, 7) is 3.53. The van der Waals surface area contributed by atoms with Gasteiger partial charge in [0.1, 0.15) is 6.10 Å². The first kappa shape index (κ1) is 10.6. The Kier molecular flexibility index (Phi) is 3.03. The molecule has 0 unspecified atom stereocenters. The summed E-state index contributed by atoms with van der Waals surface area (Å²) in [5.74, 6) is 0.728. The van der Waals surface area contributed by atoms with E-state index >= 15 is 0 Å². The Hall–Kier alpha value is -0.930. The highest BCUT2D eigenvalue weighted by molar-refractivity contribution is 6.32. The molecule has 0 saturated heterocycles. The third-order valence-electron chi connectivity index (χ3n) is 2.45. The Labute approximate surface area is 94.2 Å². The lowest BCUT2D eigenvalue weighted by molar-refractivity contribution is 0.207. The largest absolute Gasteiger partial charge is 0.485 e. The average Bonchev–Trinajstić information content (AvgIpc) is 2.20. The van der Waals surface area contributed by atoms with E-state index in [1.54, 1.807) is 0 Å². The fraction of sp³-hybridized carbons (Fsp3) is 0.455. The molecule has 82 valence electrons. The smallest absolute Gasteiger partial charge is 0.161 e. The molecule has 0 fully saturated rings. The minimum Gasteiger partial charge on any atom is -0.485 e. The molecule has 1 heterocycles. The first-order valence-corrected chi connectivity index (χ1v) is 5.41. The van der Waals surface area contributed by atoms with Gasteiger partial charge in [-0.15, -0.1) is 0 Å². The number of aliphatic hydroxyl groups excluding tert-OH is 1. The molecular weight excluding hydrogens is 214 g/mol. The predicted octanol–water partition coefficient (Wildman–Crippen LogP) is 1.92. The predicted molar refractivity (Wildman–Crippen MR) is 60.8 cm³/mol. The number of aliphatic hydroxyl groups is 1. The van der Waals surface area contributed by atoms with Gasteiger partial charge in [-0.2, -0.15) is 0 Å². The van der Waals surface area contributed by atoms with Crippen molar-refractivity contribution in [1.29, 1.82) is 0 Å². The van der Waals surface area contributed by atoms with Gasteiger partial charge in [0, 0.05) is 6.54 Å². The SMILES string of the molecule is C[C@H]1CN(CCO)c2cccc(Cl)c2O1. The Bertz CT molecular complexity index is 356. The Morgan fingerprint density at radius 3 is 3.13 bits per heavy atom. The van der Waals surface area contributed by atoms with Crippen LogP contribution in [-0.4, -0.2) is 30.9 Å². The normalized spacial score (nSPS) is 19.7. The van der Waals surface area contributed by atoms with Gasteiger partial charge in [-0.1, -0.05) is 17.7 Å². The third kappa shape index (κ3) is 2.03. The van der Waals surface area contributed by atoms with Gasteiger partial charge >= 0.3 is 0 Å². The van der Waals surface area contributed by atoms with Crippen molar-refractivity contribution in [3.8, 4) is 5.75 Å². The molecule has 15 heavy (non-hydrogen) atoms. The summed E-state index contributed by atoms with van der Waals surface area (Å²) < 4.78 is 5.68. The summed E-state index contributed by atoms with van der Waals surface area (Å²) in [6.07, 6.45) is 0.101. The van der Waals surface area contributed by atoms with Crippen LogP contribution in [0.1, 0.15) is 6.92 Å². The van der Waals surface area contributed by atoms with Gasteiger partial charge in [0.15, 0.2) is 5.75 Å². The number of ether oxygens (including phenoxy) is 1. The van der Waals surface area contributed by atoms with Crippen LogP contribution in [0.3, 0.4) is 0 Å². The summed E-state index contributed by atoms with van der Waals surface area (Å²) in [5, 5.41) is 9.61. The first-order chi connectivity index (χ1) is 7.22. The van der Waals surface area contributed by atoms with Gasteiger partial charge in [0.05, 0.1) is 23.9 Å². The Morgan fingerprint density at radius 2 is 2.40 bits per heavy atom. The minimum absolute atomic E-state index is 0.101. The van der Waals surface area contributed by atoms with Crippen LogP contribution >= 0.6 is 11.6 Å². The lowest BCUT2D eigenvalue weighted by Crippen LogP contribution is -2.40. The molecule has 2 rings (SSSR count). The molecule has 0 spiro atoms. The highest BCUT2D eigenvalue weighted by Gasteiger charge is 2.23. The molecule has 0 amide bonds. The number of para-hydroxylation sites is 1. The molecule has 0 saturated carbocycles. The van der Waals surface area contributed by atoms with E-state index in [9.17, 15) is 0 Å². The van der Waals surface area contributed by atoms with E-state index in [0.29, 0.717) is 11.6 Å². The van der Waals surface area contributed by atoms with Crippen molar-refractivity contribution in [2.24, 2.45) is 0 Å². The number of anilines is 1. The molecule has 0 bridgehead atoms. The molecule has 4 heteroatoms. The zero-order chi connectivity index (χ0) is 10.8. The number of hydrogen-bond donors (Lipinski definition) is 1. The number of halogens is 1. The van der Waals surface area contributed by atoms with E-state index in [0.717, 1.165) is 18.0 Å². The van der Waals surface area contributed by atoms with Crippen LogP contribution in [0.5, 0.6) is 5.75 Å². The monoisotopic (exact) mass is 227 g/mol. The number of rotatable bonds is 2. The molecule has 1 aliphatic rings.